The fraction of sp³-hybridized carbons (Fsp3) is 0. The highest BCUT2D eigenvalue weighted by Crippen LogP contribution is 2.23. The number of nitrogens with zero attached hydrogens (tertiary/aromatic N) is 3. The summed E-state index contributed by atoms with van der Waals surface area (Å²) >= 11 is 0. The normalized spacial score (nSPS) is 11.5. The Hall–Kier alpha value is -3.28. The molecule has 3 aromatic rings. The lowest BCUT2D eigenvalue weighted by Crippen LogP contribution is -2.15. The smallest absolute Gasteiger partial charge is 0.138 e. The third-order valence-corrected chi connectivity index (χ3v) is 3.26. The first-order valence-electron chi connectivity index (χ1n) is 6.75. The second-order valence-electron chi connectivity index (χ2n) is 4.75. The number of benzene rings is 2. The van der Waals surface area contributed by atoms with Crippen molar-refractivity contribution in [3.8, 4) is 5.69 Å². The number of nitrogen functional groups attached to an aromatic ring is 2. The van der Waals surface area contributed by atoms with Gasteiger partial charge < -0.3 is 17.2 Å². The summed E-state index contributed by atoms with van der Waals surface area (Å²) < 4.78 is 1.62. The molecule has 2 aromatic carbocycles. The molecule has 0 fully saturated rings. The van der Waals surface area contributed by atoms with Crippen molar-refractivity contribution < 1.29 is 0 Å². The Morgan fingerprint density at radius 2 is 1.64 bits per heavy atom. The van der Waals surface area contributed by atoms with E-state index in [2.05, 4.69) is 10.1 Å². The summed E-state index contributed by atoms with van der Waals surface area (Å²) in [5, 5.41) is 4.27. The molecule has 3 rings (SSSR count). The van der Waals surface area contributed by atoms with Gasteiger partial charge in [-0.05, 0) is 24.3 Å². The molecule has 0 amide bonds. The van der Waals surface area contributed by atoms with Crippen LogP contribution in [0.3, 0.4) is 0 Å². The highest BCUT2D eigenvalue weighted by molar-refractivity contribution is 6.03. The number of anilines is 2. The van der Waals surface area contributed by atoms with Gasteiger partial charge in [0, 0.05) is 0 Å². The number of aromatic nitrogens is 2. The molecule has 0 radical (unpaired) electrons. The molecule has 0 bridgehead atoms. The third kappa shape index (κ3) is 2.49. The molecule has 0 spiro atoms. The van der Waals surface area contributed by atoms with Crippen LogP contribution in [-0.4, -0.2) is 15.6 Å². The molecule has 1 heterocycles. The molecule has 0 saturated heterocycles. The molecule has 22 heavy (non-hydrogen) atoms. The van der Waals surface area contributed by atoms with Gasteiger partial charge in [0.1, 0.15) is 11.7 Å². The summed E-state index contributed by atoms with van der Waals surface area (Å²) in [7, 11) is 0. The van der Waals surface area contributed by atoms with Crippen LogP contribution in [-0.2, 0) is 0 Å². The first kappa shape index (κ1) is 13.7. The van der Waals surface area contributed by atoms with Crippen molar-refractivity contribution in [3.63, 3.8) is 0 Å². The lowest BCUT2D eigenvalue weighted by atomic mass is 10.2. The molecule has 0 atom stereocenters. The Morgan fingerprint density at radius 1 is 0.955 bits per heavy atom. The Balaban J connectivity index is 2.00. The van der Waals surface area contributed by atoms with Gasteiger partial charge in [0.2, 0.25) is 0 Å². The fourth-order valence-electron chi connectivity index (χ4n) is 2.11. The number of amidine groups is 1. The molecule has 6 heteroatoms. The van der Waals surface area contributed by atoms with E-state index < -0.39 is 0 Å². The predicted octanol–water partition coefficient (Wildman–Crippen LogP) is 2.07. The van der Waals surface area contributed by atoms with Gasteiger partial charge in [-0.3, -0.25) is 0 Å². The van der Waals surface area contributed by atoms with Crippen molar-refractivity contribution >= 4 is 23.0 Å². The van der Waals surface area contributed by atoms with E-state index in [1.54, 1.807) is 23.0 Å². The molecule has 0 aliphatic carbocycles. The van der Waals surface area contributed by atoms with Gasteiger partial charge in [0.05, 0.1) is 28.8 Å². The average Bonchev–Trinajstić information content (AvgIpc) is 2.92. The van der Waals surface area contributed by atoms with E-state index in [1.165, 1.54) is 0 Å². The largest absolute Gasteiger partial charge is 0.397 e. The Bertz CT molecular complexity index is 820. The summed E-state index contributed by atoms with van der Waals surface area (Å²) in [4.78, 5) is 4.33. The van der Waals surface area contributed by atoms with E-state index in [1.807, 2.05) is 42.5 Å². The van der Waals surface area contributed by atoms with E-state index in [0.29, 0.717) is 22.8 Å². The maximum absolute atomic E-state index is 6.14. The lowest BCUT2D eigenvalue weighted by molar-refractivity contribution is 0.891. The average molecular weight is 292 g/mol. The van der Waals surface area contributed by atoms with Crippen molar-refractivity contribution in [2.24, 2.45) is 10.7 Å². The summed E-state index contributed by atoms with van der Waals surface area (Å²) in [5.41, 5.74) is 20.6. The number of nitrogens with two attached hydrogens (primary N) is 3. The van der Waals surface area contributed by atoms with Crippen LogP contribution < -0.4 is 17.2 Å². The van der Waals surface area contributed by atoms with Crippen molar-refractivity contribution in [1.82, 2.24) is 9.78 Å². The molecule has 6 N–H and O–H groups in total. The summed E-state index contributed by atoms with van der Waals surface area (Å²) in [5.74, 6) is 0.708. The molecule has 1 aromatic heterocycles. The highest BCUT2D eigenvalue weighted by atomic mass is 15.3. The number of rotatable bonds is 3. The van der Waals surface area contributed by atoms with Crippen molar-refractivity contribution in [3.05, 3.63) is 66.4 Å². The van der Waals surface area contributed by atoms with Gasteiger partial charge in [-0.1, -0.05) is 30.3 Å². The second-order valence-corrected chi connectivity index (χ2v) is 4.75. The van der Waals surface area contributed by atoms with Crippen LogP contribution in [0.2, 0.25) is 0 Å². The number of aliphatic imine (C=N–C) groups is 1. The molecule has 0 saturated carbocycles. The Labute approximate surface area is 127 Å². The van der Waals surface area contributed by atoms with Crippen LogP contribution >= 0.6 is 0 Å². The zero-order chi connectivity index (χ0) is 15.5. The van der Waals surface area contributed by atoms with Crippen LogP contribution in [0.4, 0.5) is 17.2 Å². The molecule has 0 aliphatic rings. The van der Waals surface area contributed by atoms with Crippen LogP contribution in [0, 0.1) is 0 Å². The first-order valence-corrected chi connectivity index (χ1v) is 6.75. The number of para-hydroxylation sites is 3. The van der Waals surface area contributed by atoms with Gasteiger partial charge in [-0.25, -0.2) is 9.67 Å². The molecule has 0 aliphatic heterocycles. The van der Waals surface area contributed by atoms with E-state index >= 15 is 0 Å². The minimum absolute atomic E-state index is 0.276. The second kappa shape index (κ2) is 5.61. The molecule has 110 valence electrons. The quantitative estimate of drug-likeness (QED) is 0.390. The standard InChI is InChI=1S/C16H16N6/c17-13-8-4-5-9-14(13)21-15(18)12-10-20-22(16(12)19)11-6-2-1-3-7-11/h1-10H,17,19H2,(H2,18,21). The van der Waals surface area contributed by atoms with Crippen molar-refractivity contribution in [1.29, 1.82) is 0 Å². The zero-order valence-electron chi connectivity index (χ0n) is 11.8. The summed E-state index contributed by atoms with van der Waals surface area (Å²) in [6.45, 7) is 0. The number of hydrogen-bond donors (Lipinski definition) is 3. The topological polar surface area (TPSA) is 108 Å². The fourth-order valence-corrected chi connectivity index (χ4v) is 2.11. The van der Waals surface area contributed by atoms with Gasteiger partial charge in [0.15, 0.2) is 0 Å². The van der Waals surface area contributed by atoms with Gasteiger partial charge >= 0.3 is 0 Å². The van der Waals surface area contributed by atoms with Crippen LogP contribution in [0.5, 0.6) is 0 Å². The molecular formula is C16H16N6. The zero-order valence-corrected chi connectivity index (χ0v) is 11.8. The Morgan fingerprint density at radius 3 is 2.36 bits per heavy atom. The van der Waals surface area contributed by atoms with E-state index in [4.69, 9.17) is 17.2 Å². The highest BCUT2D eigenvalue weighted by Gasteiger charge is 2.12. The van der Waals surface area contributed by atoms with E-state index in [-0.39, 0.29) is 5.84 Å². The summed E-state index contributed by atoms with van der Waals surface area (Å²) in [6, 6.07) is 16.8. The van der Waals surface area contributed by atoms with Crippen LogP contribution in [0.25, 0.3) is 5.69 Å². The lowest BCUT2D eigenvalue weighted by Gasteiger charge is -2.05. The van der Waals surface area contributed by atoms with Gasteiger partial charge in [0.25, 0.3) is 0 Å². The molecular weight excluding hydrogens is 276 g/mol. The van der Waals surface area contributed by atoms with Crippen molar-refractivity contribution in [2.75, 3.05) is 11.5 Å². The van der Waals surface area contributed by atoms with Gasteiger partial charge in [-0.2, -0.15) is 5.10 Å². The molecule has 0 unspecified atom stereocenters. The van der Waals surface area contributed by atoms with E-state index in [9.17, 15) is 0 Å². The summed E-state index contributed by atoms with van der Waals surface area (Å²) in [6.07, 6.45) is 1.60. The van der Waals surface area contributed by atoms with Gasteiger partial charge in [-0.15, -0.1) is 0 Å². The van der Waals surface area contributed by atoms with Crippen LogP contribution in [0.1, 0.15) is 5.56 Å². The SMILES string of the molecule is NC(=Nc1ccccc1N)c1cnn(-c2ccccc2)c1N. The Kier molecular flexibility index (Phi) is 3.49. The van der Waals surface area contributed by atoms with Crippen molar-refractivity contribution in [2.45, 2.75) is 0 Å². The maximum Gasteiger partial charge on any atom is 0.138 e. The first-order chi connectivity index (χ1) is 10.7. The van der Waals surface area contributed by atoms with Crippen LogP contribution in [0.15, 0.2) is 65.8 Å². The van der Waals surface area contributed by atoms with E-state index in [0.717, 1.165) is 5.69 Å². The monoisotopic (exact) mass is 292 g/mol. The number of hydrogen-bond acceptors (Lipinski definition) is 4. The predicted molar refractivity (Wildman–Crippen MR) is 89.2 cm³/mol. The minimum atomic E-state index is 0.276. The molecule has 6 nitrogen and oxygen atoms in total. The third-order valence-electron chi connectivity index (χ3n) is 3.26. The minimum Gasteiger partial charge on any atom is -0.397 e. The maximum atomic E-state index is 6.14.